The minimum Gasteiger partial charge on any atom is -0.459 e. The van der Waals surface area contributed by atoms with Crippen LogP contribution in [0.15, 0.2) is 60.7 Å². The predicted octanol–water partition coefficient (Wildman–Crippen LogP) is 4.12. The normalized spacial score (nSPS) is 21.2. The van der Waals surface area contributed by atoms with E-state index in [9.17, 15) is 18.0 Å². The first-order valence-electron chi connectivity index (χ1n) is 12.4. The number of hydrogen-bond acceptors (Lipinski definition) is 7. The second-order valence-corrected chi connectivity index (χ2v) is 12.2. The van der Waals surface area contributed by atoms with Gasteiger partial charge >= 0.3 is 5.97 Å². The van der Waals surface area contributed by atoms with Crippen molar-refractivity contribution in [3.63, 3.8) is 0 Å². The minimum atomic E-state index is -3.74. The summed E-state index contributed by atoms with van der Waals surface area (Å²) in [5, 5.41) is 0. The lowest BCUT2D eigenvalue weighted by atomic mass is 9.75. The van der Waals surface area contributed by atoms with Crippen LogP contribution < -0.4 is 0 Å². The molecule has 1 heterocycles. The molecule has 0 aromatic heterocycles. The van der Waals surface area contributed by atoms with Gasteiger partial charge in [0, 0.05) is 6.54 Å². The van der Waals surface area contributed by atoms with Crippen LogP contribution in [0.5, 0.6) is 0 Å². The third kappa shape index (κ3) is 7.63. The predicted molar refractivity (Wildman–Crippen MR) is 140 cm³/mol. The van der Waals surface area contributed by atoms with Crippen LogP contribution in [0, 0.1) is 11.3 Å². The summed E-state index contributed by atoms with van der Waals surface area (Å²) in [5.41, 5.74) is -0.300. The molecule has 0 radical (unpaired) electrons. The van der Waals surface area contributed by atoms with Crippen LogP contribution in [-0.4, -0.2) is 56.8 Å². The third-order valence-corrected chi connectivity index (χ3v) is 7.09. The van der Waals surface area contributed by atoms with Crippen molar-refractivity contribution in [2.45, 2.75) is 52.4 Å². The maximum Gasteiger partial charge on any atom is 0.315 e. The molecule has 0 bridgehead atoms. The number of esters is 1. The van der Waals surface area contributed by atoms with E-state index in [0.29, 0.717) is 0 Å². The molecular weight excluding hydrogens is 494 g/mol. The van der Waals surface area contributed by atoms with Crippen LogP contribution in [-0.2, 0) is 40.0 Å². The molecule has 3 rings (SSSR count). The SMILES string of the molecule is C[C@H](c1ccccc1)N1C[C@@](CCOS(C)(=O)=O)(C(=O)OC(C)(C)C)[C@H](COCc2ccccc2)C1=O. The number of likely N-dealkylation sites (tertiary alicyclic amines) is 1. The molecule has 202 valence electrons. The van der Waals surface area contributed by atoms with Crippen molar-refractivity contribution in [1.29, 1.82) is 0 Å². The smallest absolute Gasteiger partial charge is 0.315 e. The van der Waals surface area contributed by atoms with Gasteiger partial charge in [0.2, 0.25) is 5.91 Å². The van der Waals surface area contributed by atoms with Gasteiger partial charge < -0.3 is 14.4 Å². The van der Waals surface area contributed by atoms with Gasteiger partial charge in [-0.3, -0.25) is 13.8 Å². The van der Waals surface area contributed by atoms with Crippen LogP contribution in [0.25, 0.3) is 0 Å². The van der Waals surface area contributed by atoms with Crippen LogP contribution in [0.2, 0.25) is 0 Å². The fourth-order valence-electron chi connectivity index (χ4n) is 4.58. The Morgan fingerprint density at radius 2 is 1.68 bits per heavy atom. The molecule has 8 nitrogen and oxygen atoms in total. The van der Waals surface area contributed by atoms with Crippen LogP contribution >= 0.6 is 0 Å². The molecule has 0 spiro atoms. The summed E-state index contributed by atoms with van der Waals surface area (Å²) in [6, 6.07) is 18.8. The first-order valence-corrected chi connectivity index (χ1v) is 14.2. The number of ether oxygens (including phenoxy) is 2. The number of hydrogen-bond donors (Lipinski definition) is 0. The number of carbonyl (C=O) groups is 2. The summed E-state index contributed by atoms with van der Waals surface area (Å²) in [7, 11) is -3.74. The van der Waals surface area contributed by atoms with E-state index in [1.165, 1.54) is 0 Å². The number of rotatable bonds is 11. The molecule has 0 N–H and O–H groups in total. The second-order valence-electron chi connectivity index (χ2n) is 10.5. The second kappa shape index (κ2) is 11.8. The standard InChI is InChI=1S/C28H37NO7S/c1-21(23-14-10-7-11-15-23)29-20-28(16-17-35-37(5,32)33,26(31)36-27(2,3)4)24(25(29)30)19-34-18-22-12-8-6-9-13-22/h6-15,21,24H,16-20H2,1-5H3/t21-,24-,28-/m1/s1. The summed E-state index contributed by atoms with van der Waals surface area (Å²) in [4.78, 5) is 29.3. The highest BCUT2D eigenvalue weighted by Crippen LogP contribution is 2.45. The van der Waals surface area contributed by atoms with Gasteiger partial charge in [0.05, 0.1) is 38.0 Å². The molecule has 37 heavy (non-hydrogen) atoms. The molecule has 1 saturated heterocycles. The molecule has 3 atom stereocenters. The van der Waals surface area contributed by atoms with Crippen molar-refractivity contribution in [3.05, 3.63) is 71.8 Å². The van der Waals surface area contributed by atoms with Gasteiger partial charge in [-0.1, -0.05) is 60.7 Å². The first-order chi connectivity index (χ1) is 17.3. The molecule has 0 unspecified atom stereocenters. The highest BCUT2D eigenvalue weighted by molar-refractivity contribution is 7.85. The molecule has 0 saturated carbocycles. The lowest BCUT2D eigenvalue weighted by Crippen LogP contribution is -2.46. The molecular formula is C28H37NO7S. The molecule has 1 aliphatic heterocycles. The summed E-state index contributed by atoms with van der Waals surface area (Å²) in [6.07, 6.45) is 0.940. The van der Waals surface area contributed by atoms with E-state index in [-0.39, 0.29) is 44.7 Å². The van der Waals surface area contributed by atoms with Crippen LogP contribution in [0.4, 0.5) is 0 Å². The van der Waals surface area contributed by atoms with E-state index in [4.69, 9.17) is 13.7 Å². The summed E-state index contributed by atoms with van der Waals surface area (Å²) in [5.74, 6) is -1.68. The van der Waals surface area contributed by atoms with E-state index in [0.717, 1.165) is 17.4 Å². The van der Waals surface area contributed by atoms with E-state index in [1.54, 1.807) is 25.7 Å². The van der Waals surface area contributed by atoms with Crippen molar-refractivity contribution in [3.8, 4) is 0 Å². The highest BCUT2D eigenvalue weighted by atomic mass is 32.2. The quantitative estimate of drug-likeness (QED) is 0.318. The van der Waals surface area contributed by atoms with Gasteiger partial charge in [-0.25, -0.2) is 0 Å². The molecule has 2 aromatic rings. The molecule has 0 aliphatic carbocycles. The Balaban J connectivity index is 1.96. The average Bonchev–Trinajstić information content (AvgIpc) is 3.11. The zero-order chi connectivity index (χ0) is 27.3. The monoisotopic (exact) mass is 531 g/mol. The van der Waals surface area contributed by atoms with E-state index in [1.807, 2.05) is 67.6 Å². The largest absolute Gasteiger partial charge is 0.459 e. The Bertz CT molecular complexity index is 1160. The van der Waals surface area contributed by atoms with E-state index in [2.05, 4.69) is 0 Å². The van der Waals surface area contributed by atoms with Gasteiger partial charge in [0.15, 0.2) is 0 Å². The lowest BCUT2D eigenvalue weighted by Gasteiger charge is -2.34. The lowest BCUT2D eigenvalue weighted by molar-refractivity contribution is -0.173. The highest BCUT2D eigenvalue weighted by Gasteiger charge is 2.59. The molecule has 2 aromatic carbocycles. The van der Waals surface area contributed by atoms with Crippen molar-refractivity contribution < 1.29 is 31.7 Å². The van der Waals surface area contributed by atoms with Crippen LogP contribution in [0.3, 0.4) is 0 Å². The zero-order valence-electron chi connectivity index (χ0n) is 22.2. The summed E-state index contributed by atoms with van der Waals surface area (Å²) in [6.45, 7) is 7.23. The van der Waals surface area contributed by atoms with Gasteiger partial charge in [-0.15, -0.1) is 0 Å². The van der Waals surface area contributed by atoms with Gasteiger partial charge in [-0.2, -0.15) is 8.42 Å². The molecule has 1 fully saturated rings. The molecule has 9 heteroatoms. The van der Waals surface area contributed by atoms with E-state index >= 15 is 0 Å². The Labute approximate surface area is 220 Å². The van der Waals surface area contributed by atoms with Gasteiger partial charge in [0.25, 0.3) is 10.1 Å². The van der Waals surface area contributed by atoms with Crippen molar-refractivity contribution in [2.75, 3.05) is 26.0 Å². The van der Waals surface area contributed by atoms with Crippen molar-refractivity contribution in [2.24, 2.45) is 11.3 Å². The summed E-state index contributed by atoms with van der Waals surface area (Å²) >= 11 is 0. The minimum absolute atomic E-state index is 0.0158. The summed E-state index contributed by atoms with van der Waals surface area (Å²) < 4.78 is 40.2. The zero-order valence-corrected chi connectivity index (χ0v) is 23.0. The fourth-order valence-corrected chi connectivity index (χ4v) is 4.97. The topological polar surface area (TPSA) is 99.2 Å². The van der Waals surface area contributed by atoms with Crippen molar-refractivity contribution >= 4 is 22.0 Å². The Hall–Kier alpha value is -2.75. The maximum atomic E-state index is 13.9. The third-order valence-electron chi connectivity index (χ3n) is 6.50. The Morgan fingerprint density at radius 3 is 2.24 bits per heavy atom. The van der Waals surface area contributed by atoms with E-state index < -0.39 is 33.0 Å². The Morgan fingerprint density at radius 1 is 1.08 bits per heavy atom. The first kappa shape index (κ1) is 28.8. The van der Waals surface area contributed by atoms with Gasteiger partial charge in [-0.05, 0) is 45.2 Å². The number of nitrogens with zero attached hydrogens (tertiary/aromatic N) is 1. The number of benzene rings is 2. The molecule has 1 aliphatic rings. The van der Waals surface area contributed by atoms with Crippen molar-refractivity contribution in [1.82, 2.24) is 4.90 Å². The fraction of sp³-hybridized carbons (Fsp3) is 0.500. The number of carbonyl (C=O) groups excluding carboxylic acids is 2. The number of amides is 1. The average molecular weight is 532 g/mol. The maximum absolute atomic E-state index is 13.9. The van der Waals surface area contributed by atoms with Crippen LogP contribution in [0.1, 0.15) is 51.3 Å². The van der Waals surface area contributed by atoms with Gasteiger partial charge in [0.1, 0.15) is 11.0 Å². The Kier molecular flexibility index (Phi) is 9.15. The molecule has 1 amide bonds.